The number of fused-ring (bicyclic) bond motifs is 4. The summed E-state index contributed by atoms with van der Waals surface area (Å²) < 4.78 is 32.4. The number of carbonyl (C=O) groups is 2. The molecule has 2 aromatic carbocycles. The summed E-state index contributed by atoms with van der Waals surface area (Å²) in [4.78, 5) is 24.7. The van der Waals surface area contributed by atoms with Gasteiger partial charge in [-0.05, 0) is 6.07 Å². The molecule has 1 heterocycles. The summed E-state index contributed by atoms with van der Waals surface area (Å²) in [5.74, 6) is -0.957. The van der Waals surface area contributed by atoms with Crippen LogP contribution in [0.2, 0.25) is 0 Å². The van der Waals surface area contributed by atoms with Gasteiger partial charge >= 0.3 is 0 Å². The number of rotatable bonds is 1. The van der Waals surface area contributed by atoms with Crippen LogP contribution in [0.3, 0.4) is 0 Å². The number of nitrogens with one attached hydrogen (secondary N) is 1. The maximum Gasteiger partial charge on any atom is 0.296 e. The predicted molar refractivity (Wildman–Crippen MR) is 82.8 cm³/mol. The fourth-order valence-corrected chi connectivity index (χ4v) is 3.39. The summed E-state index contributed by atoms with van der Waals surface area (Å²) in [7, 11) is -4.64. The number of aromatic amines is 1. The quantitative estimate of drug-likeness (QED) is 0.379. The van der Waals surface area contributed by atoms with Crippen molar-refractivity contribution in [3.63, 3.8) is 0 Å². The molecule has 0 atom stereocenters. The number of aromatic nitrogens is 3. The van der Waals surface area contributed by atoms with Crippen LogP contribution in [-0.2, 0) is 10.1 Å². The van der Waals surface area contributed by atoms with Crippen molar-refractivity contribution >= 4 is 62.3 Å². The molecule has 115 valence electrons. The molecule has 1 aromatic heterocycles. The van der Waals surface area contributed by atoms with E-state index in [0.717, 1.165) is 6.07 Å². The summed E-state index contributed by atoms with van der Waals surface area (Å²) in [6.07, 6.45) is 0. The fourth-order valence-electron chi connectivity index (χ4n) is 2.74. The van der Waals surface area contributed by atoms with E-state index in [2.05, 4.69) is 15.4 Å². The molecular weight excluding hydrogens is 345 g/mol. The van der Waals surface area contributed by atoms with Crippen LogP contribution in [0.1, 0.15) is 31.8 Å². The van der Waals surface area contributed by atoms with Crippen LogP contribution in [0, 0.1) is 0 Å². The second-order valence-corrected chi connectivity index (χ2v) is 6.39. The summed E-state index contributed by atoms with van der Waals surface area (Å²) in [6.45, 7) is 0. The van der Waals surface area contributed by atoms with E-state index >= 15 is 0 Å². The number of hydrogen-bond donors (Lipinski definition) is 2. The van der Waals surface area contributed by atoms with Crippen LogP contribution in [0.15, 0.2) is 35.2 Å². The van der Waals surface area contributed by atoms with Crippen LogP contribution >= 0.6 is 0 Å². The molecule has 1 radical (unpaired) electrons. The van der Waals surface area contributed by atoms with E-state index in [4.69, 9.17) is 0 Å². The topological polar surface area (TPSA) is 130 Å². The Balaban J connectivity index is 0.00000169. The largest absolute Gasteiger partial charge is 0.296 e. The maximum absolute atomic E-state index is 12.7. The zero-order valence-electron chi connectivity index (χ0n) is 12.3. The minimum absolute atomic E-state index is 0. The molecule has 2 N–H and O–H groups in total. The molecule has 0 aliphatic heterocycles. The Bertz CT molecular complexity index is 1140. The van der Waals surface area contributed by atoms with E-state index < -0.39 is 26.6 Å². The average Bonchev–Trinajstić information content (AvgIpc) is 2.99. The van der Waals surface area contributed by atoms with Gasteiger partial charge in [0.1, 0.15) is 15.9 Å². The number of hydrogen-bond acceptors (Lipinski definition) is 6. The van der Waals surface area contributed by atoms with Crippen molar-refractivity contribution in [3.8, 4) is 0 Å². The van der Waals surface area contributed by atoms with Gasteiger partial charge in [0.15, 0.2) is 11.6 Å². The molecule has 0 spiro atoms. The molecule has 0 bridgehead atoms. The van der Waals surface area contributed by atoms with Crippen LogP contribution < -0.4 is 0 Å². The van der Waals surface area contributed by atoms with Crippen molar-refractivity contribution in [2.45, 2.75) is 4.90 Å². The van der Waals surface area contributed by atoms with Crippen LogP contribution in [0.4, 0.5) is 0 Å². The van der Waals surface area contributed by atoms with Gasteiger partial charge in [-0.2, -0.15) is 23.8 Å². The first kappa shape index (κ1) is 16.9. The minimum Gasteiger partial charge on any atom is -0.289 e. The molecule has 0 unspecified atom stereocenters. The van der Waals surface area contributed by atoms with Crippen molar-refractivity contribution in [2.75, 3.05) is 0 Å². The Morgan fingerprint density at radius 2 is 1.50 bits per heavy atom. The Hall–Kier alpha value is -1.91. The van der Waals surface area contributed by atoms with E-state index in [1.807, 2.05) is 0 Å². The van der Waals surface area contributed by atoms with Crippen LogP contribution in [0.25, 0.3) is 11.0 Å². The molecule has 8 nitrogen and oxygen atoms in total. The number of ketones is 2. The maximum atomic E-state index is 12.7. The Kier molecular flexibility index (Phi) is 3.93. The SMILES string of the molecule is O=C1c2ccccc2C(=O)c2c1cc(S(=O)(=O)O)c1n[nH]nc21.[Na]. The van der Waals surface area contributed by atoms with Gasteiger partial charge < -0.3 is 0 Å². The standard InChI is InChI=1S/C14H7N3O5S.Na/c18-13-6-3-1-2-4-7(6)14(19)10-8(13)5-9(23(20,21)22)11-12(10)16-17-15-11;/h1-5H,(H,15,16,17)(H,20,21,22);. The van der Waals surface area contributed by atoms with E-state index in [-0.39, 0.29) is 62.8 Å². The molecule has 0 amide bonds. The van der Waals surface area contributed by atoms with Gasteiger partial charge in [0.2, 0.25) is 0 Å². The first-order valence-electron chi connectivity index (χ1n) is 6.43. The third kappa shape index (κ3) is 2.25. The molecule has 4 rings (SSSR count). The molecule has 0 saturated carbocycles. The smallest absolute Gasteiger partial charge is 0.289 e. The average molecular weight is 352 g/mol. The van der Waals surface area contributed by atoms with Gasteiger partial charge in [-0.1, -0.05) is 24.3 Å². The van der Waals surface area contributed by atoms with E-state index in [1.54, 1.807) is 12.1 Å². The second-order valence-electron chi connectivity index (χ2n) is 5.00. The number of benzene rings is 2. The van der Waals surface area contributed by atoms with Crippen molar-refractivity contribution < 1.29 is 22.6 Å². The number of H-pyrrole nitrogens is 1. The van der Waals surface area contributed by atoms with Crippen molar-refractivity contribution in [2.24, 2.45) is 0 Å². The molecule has 10 heteroatoms. The van der Waals surface area contributed by atoms with E-state index in [1.165, 1.54) is 12.1 Å². The second kappa shape index (κ2) is 5.57. The van der Waals surface area contributed by atoms with Gasteiger partial charge in [0.25, 0.3) is 10.1 Å². The molecule has 24 heavy (non-hydrogen) atoms. The van der Waals surface area contributed by atoms with Crippen LogP contribution in [-0.4, -0.2) is 69.5 Å². The number of nitrogens with zero attached hydrogens (tertiary/aromatic N) is 2. The van der Waals surface area contributed by atoms with Gasteiger partial charge in [0, 0.05) is 46.2 Å². The monoisotopic (exact) mass is 352 g/mol. The summed E-state index contributed by atoms with van der Waals surface area (Å²) >= 11 is 0. The van der Waals surface area contributed by atoms with Crippen LogP contribution in [0.5, 0.6) is 0 Å². The zero-order valence-corrected chi connectivity index (χ0v) is 15.1. The van der Waals surface area contributed by atoms with E-state index in [0.29, 0.717) is 0 Å². The summed E-state index contributed by atoms with van der Waals surface area (Å²) in [5, 5.41) is 9.67. The third-order valence-corrected chi connectivity index (χ3v) is 4.60. The van der Waals surface area contributed by atoms with Gasteiger partial charge in [-0.15, -0.1) is 0 Å². The molecule has 1 aliphatic rings. The van der Waals surface area contributed by atoms with Gasteiger partial charge in [-0.25, -0.2) is 0 Å². The minimum atomic E-state index is -4.64. The first-order valence-corrected chi connectivity index (χ1v) is 7.87. The van der Waals surface area contributed by atoms with Crippen molar-refractivity contribution in [1.82, 2.24) is 15.4 Å². The number of carbonyl (C=O) groups excluding carboxylic acids is 2. The van der Waals surface area contributed by atoms with E-state index in [9.17, 15) is 22.6 Å². The molecule has 1 aliphatic carbocycles. The normalized spacial score (nSPS) is 13.4. The molecule has 0 fully saturated rings. The van der Waals surface area contributed by atoms with Gasteiger partial charge in [0.05, 0.1) is 5.56 Å². The Morgan fingerprint density at radius 3 is 2.12 bits per heavy atom. The first-order chi connectivity index (χ1) is 10.9. The molecule has 3 aromatic rings. The Labute approximate surface area is 157 Å². The van der Waals surface area contributed by atoms with Gasteiger partial charge in [-0.3, -0.25) is 14.1 Å². The van der Waals surface area contributed by atoms with Crippen molar-refractivity contribution in [3.05, 3.63) is 52.6 Å². The Morgan fingerprint density at radius 1 is 0.917 bits per heavy atom. The third-order valence-electron chi connectivity index (χ3n) is 3.73. The summed E-state index contributed by atoms with van der Waals surface area (Å²) in [6, 6.07) is 7.19. The fraction of sp³-hybridized carbons (Fsp3) is 0. The zero-order chi connectivity index (χ0) is 16.4. The predicted octanol–water partition coefficient (Wildman–Crippen LogP) is 0.599. The summed E-state index contributed by atoms with van der Waals surface area (Å²) in [5.41, 5.74) is -0.00891. The molecule has 0 saturated heterocycles. The molecular formula is C14H7N3NaO5S. The van der Waals surface area contributed by atoms with Crippen molar-refractivity contribution in [1.29, 1.82) is 0 Å².